The lowest BCUT2D eigenvalue weighted by molar-refractivity contribution is 0.262. The van der Waals surface area contributed by atoms with Crippen LogP contribution in [0, 0.1) is 6.92 Å². The fourth-order valence-corrected chi connectivity index (χ4v) is 1.15. The summed E-state index contributed by atoms with van der Waals surface area (Å²) in [6.07, 6.45) is 0. The number of hydrogen-bond acceptors (Lipinski definition) is 2. The summed E-state index contributed by atoms with van der Waals surface area (Å²) in [6, 6.07) is 2.71. The van der Waals surface area contributed by atoms with Gasteiger partial charge in [-0.2, -0.15) is 5.10 Å². The van der Waals surface area contributed by atoms with Crippen molar-refractivity contribution in [1.82, 2.24) is 14.7 Å². The third kappa shape index (κ3) is 2.56. The minimum atomic E-state index is 0.572. The lowest BCUT2D eigenvalue weighted by Gasteiger charge is -2.19. The van der Waals surface area contributed by atoms with Crippen LogP contribution in [0.2, 0.25) is 0 Å². The summed E-state index contributed by atoms with van der Waals surface area (Å²) in [5, 5.41) is 4.41. The van der Waals surface area contributed by atoms with Gasteiger partial charge in [0.1, 0.15) is 0 Å². The van der Waals surface area contributed by atoms with E-state index in [1.54, 1.807) is 0 Å². The van der Waals surface area contributed by atoms with E-state index in [1.807, 2.05) is 11.7 Å². The van der Waals surface area contributed by atoms with E-state index in [-0.39, 0.29) is 0 Å². The van der Waals surface area contributed by atoms with Crippen LogP contribution in [0.15, 0.2) is 6.07 Å². The van der Waals surface area contributed by atoms with Crippen molar-refractivity contribution in [3.8, 4) is 0 Å². The molecule has 0 fully saturated rings. The Kier molecular flexibility index (Phi) is 3.09. The minimum Gasteiger partial charge on any atom is -0.298 e. The molecule has 0 aliphatic carbocycles. The number of aromatic nitrogens is 2. The molecule has 0 atom stereocenters. The summed E-state index contributed by atoms with van der Waals surface area (Å²) in [7, 11) is 4.10. The summed E-state index contributed by atoms with van der Waals surface area (Å²) >= 11 is 0. The van der Waals surface area contributed by atoms with Crippen LogP contribution < -0.4 is 0 Å². The molecule has 0 aromatic carbocycles. The van der Waals surface area contributed by atoms with Crippen molar-refractivity contribution in [2.24, 2.45) is 7.05 Å². The van der Waals surface area contributed by atoms with Crippen LogP contribution in [0.5, 0.6) is 0 Å². The first-order chi connectivity index (χ1) is 6.00. The average Bonchev–Trinajstić information content (AvgIpc) is 2.31. The maximum Gasteiger partial charge on any atom is 0.0767 e. The van der Waals surface area contributed by atoms with Crippen LogP contribution in [0.3, 0.4) is 0 Å². The van der Waals surface area contributed by atoms with Gasteiger partial charge in [-0.05, 0) is 33.9 Å². The van der Waals surface area contributed by atoms with Crippen LogP contribution in [0.25, 0.3) is 0 Å². The molecule has 3 nitrogen and oxygen atoms in total. The van der Waals surface area contributed by atoms with Crippen molar-refractivity contribution in [2.75, 3.05) is 7.05 Å². The molecule has 74 valence electrons. The molecule has 1 aromatic rings. The molecule has 3 heteroatoms. The molecule has 1 rings (SSSR count). The van der Waals surface area contributed by atoms with E-state index in [0.29, 0.717) is 6.04 Å². The number of nitrogens with zero attached hydrogens (tertiary/aromatic N) is 3. The van der Waals surface area contributed by atoms with E-state index < -0.39 is 0 Å². The third-order valence-electron chi connectivity index (χ3n) is 2.46. The molecule has 1 aromatic heterocycles. The van der Waals surface area contributed by atoms with Gasteiger partial charge in [0.25, 0.3) is 0 Å². The van der Waals surface area contributed by atoms with Crippen molar-refractivity contribution in [3.63, 3.8) is 0 Å². The first-order valence-electron chi connectivity index (χ1n) is 4.70. The molecular weight excluding hydrogens is 162 g/mol. The molecular formula is C10H19N3. The van der Waals surface area contributed by atoms with Gasteiger partial charge in [-0.25, -0.2) is 0 Å². The van der Waals surface area contributed by atoms with Gasteiger partial charge in [0, 0.05) is 25.3 Å². The van der Waals surface area contributed by atoms with Crippen molar-refractivity contribution >= 4 is 0 Å². The lowest BCUT2D eigenvalue weighted by Crippen LogP contribution is -2.25. The molecule has 13 heavy (non-hydrogen) atoms. The Bertz CT molecular complexity index is 256. The molecule has 0 spiro atoms. The maximum atomic E-state index is 4.41. The Morgan fingerprint density at radius 1 is 1.54 bits per heavy atom. The second-order valence-corrected chi connectivity index (χ2v) is 3.91. The highest BCUT2D eigenvalue weighted by Gasteiger charge is 2.07. The largest absolute Gasteiger partial charge is 0.298 e. The molecule has 0 saturated carbocycles. The zero-order valence-corrected chi connectivity index (χ0v) is 9.20. The molecule has 0 unspecified atom stereocenters. The minimum absolute atomic E-state index is 0.572. The number of aryl methyl sites for hydroxylation is 2. The zero-order chi connectivity index (χ0) is 10.0. The highest BCUT2D eigenvalue weighted by molar-refractivity contribution is 5.08. The summed E-state index contributed by atoms with van der Waals surface area (Å²) in [5.74, 6) is 0. The van der Waals surface area contributed by atoms with E-state index in [2.05, 4.69) is 43.9 Å². The number of hydrogen-bond donors (Lipinski definition) is 0. The molecule has 0 bridgehead atoms. The molecule has 0 aliphatic rings. The second-order valence-electron chi connectivity index (χ2n) is 3.91. The van der Waals surface area contributed by atoms with E-state index in [1.165, 1.54) is 5.69 Å². The highest BCUT2D eigenvalue weighted by atomic mass is 15.3. The third-order valence-corrected chi connectivity index (χ3v) is 2.46. The first-order valence-corrected chi connectivity index (χ1v) is 4.70. The van der Waals surface area contributed by atoms with Gasteiger partial charge in [0.2, 0.25) is 0 Å². The SMILES string of the molecule is Cc1cc(CN(C)C(C)C)nn1C. The van der Waals surface area contributed by atoms with Crippen LogP contribution in [-0.2, 0) is 13.6 Å². The quantitative estimate of drug-likeness (QED) is 0.705. The highest BCUT2D eigenvalue weighted by Crippen LogP contribution is 2.05. The van der Waals surface area contributed by atoms with Crippen LogP contribution >= 0.6 is 0 Å². The second kappa shape index (κ2) is 3.92. The van der Waals surface area contributed by atoms with Gasteiger partial charge < -0.3 is 0 Å². The normalized spacial score (nSPS) is 11.6. The fourth-order valence-electron chi connectivity index (χ4n) is 1.15. The average molecular weight is 181 g/mol. The Balaban J connectivity index is 2.64. The maximum absolute atomic E-state index is 4.41. The fraction of sp³-hybridized carbons (Fsp3) is 0.700. The zero-order valence-electron chi connectivity index (χ0n) is 9.20. The van der Waals surface area contributed by atoms with E-state index in [9.17, 15) is 0 Å². The predicted molar refractivity (Wildman–Crippen MR) is 54.5 cm³/mol. The Labute approximate surface area is 80.4 Å². The topological polar surface area (TPSA) is 21.1 Å². The smallest absolute Gasteiger partial charge is 0.0767 e. The standard InChI is InChI=1S/C10H19N3/c1-8(2)12(4)7-10-6-9(3)13(5)11-10/h6,8H,7H2,1-5H3. The summed E-state index contributed by atoms with van der Waals surface area (Å²) in [5.41, 5.74) is 2.36. The van der Waals surface area contributed by atoms with E-state index >= 15 is 0 Å². The summed E-state index contributed by atoms with van der Waals surface area (Å²) < 4.78 is 1.92. The Morgan fingerprint density at radius 3 is 2.54 bits per heavy atom. The Morgan fingerprint density at radius 2 is 2.15 bits per heavy atom. The first kappa shape index (κ1) is 10.3. The molecule has 0 aliphatic heterocycles. The van der Waals surface area contributed by atoms with E-state index in [0.717, 1.165) is 12.2 Å². The van der Waals surface area contributed by atoms with Crippen LogP contribution in [0.4, 0.5) is 0 Å². The van der Waals surface area contributed by atoms with Crippen LogP contribution in [-0.4, -0.2) is 27.8 Å². The van der Waals surface area contributed by atoms with Crippen molar-refractivity contribution in [1.29, 1.82) is 0 Å². The van der Waals surface area contributed by atoms with Gasteiger partial charge in [0.05, 0.1) is 5.69 Å². The molecule has 0 N–H and O–H groups in total. The molecule has 0 saturated heterocycles. The lowest BCUT2D eigenvalue weighted by atomic mass is 10.3. The number of rotatable bonds is 3. The molecule has 0 amide bonds. The van der Waals surface area contributed by atoms with Gasteiger partial charge >= 0.3 is 0 Å². The molecule has 1 heterocycles. The van der Waals surface area contributed by atoms with Gasteiger partial charge in [0.15, 0.2) is 0 Å². The van der Waals surface area contributed by atoms with Crippen LogP contribution in [0.1, 0.15) is 25.2 Å². The van der Waals surface area contributed by atoms with Gasteiger partial charge in [-0.1, -0.05) is 0 Å². The predicted octanol–water partition coefficient (Wildman–Crippen LogP) is 1.57. The van der Waals surface area contributed by atoms with Crippen molar-refractivity contribution < 1.29 is 0 Å². The van der Waals surface area contributed by atoms with Gasteiger partial charge in [-0.15, -0.1) is 0 Å². The molecule has 0 radical (unpaired) electrons. The van der Waals surface area contributed by atoms with E-state index in [4.69, 9.17) is 0 Å². The monoisotopic (exact) mass is 181 g/mol. The summed E-state index contributed by atoms with van der Waals surface area (Å²) in [6.45, 7) is 7.39. The Hall–Kier alpha value is -0.830. The summed E-state index contributed by atoms with van der Waals surface area (Å²) in [4.78, 5) is 2.28. The van der Waals surface area contributed by atoms with Gasteiger partial charge in [-0.3, -0.25) is 9.58 Å². The van der Waals surface area contributed by atoms with Crippen molar-refractivity contribution in [3.05, 3.63) is 17.5 Å². The van der Waals surface area contributed by atoms with Crippen molar-refractivity contribution in [2.45, 2.75) is 33.4 Å².